The van der Waals surface area contributed by atoms with Crippen LogP contribution in [0.25, 0.3) is 0 Å². The molecule has 5 heteroatoms. The van der Waals surface area contributed by atoms with Crippen LogP contribution in [0.2, 0.25) is 5.02 Å². The van der Waals surface area contributed by atoms with E-state index < -0.39 is 6.04 Å². The van der Waals surface area contributed by atoms with Crippen molar-refractivity contribution in [2.24, 2.45) is 11.7 Å². The van der Waals surface area contributed by atoms with E-state index in [-0.39, 0.29) is 11.8 Å². The Morgan fingerprint density at radius 2 is 2.17 bits per heavy atom. The summed E-state index contributed by atoms with van der Waals surface area (Å²) in [5.74, 6) is 0.416. The highest BCUT2D eigenvalue weighted by Crippen LogP contribution is 2.28. The number of hydrogen-bond donors (Lipinski definition) is 2. The van der Waals surface area contributed by atoms with E-state index in [1.165, 1.54) is 0 Å². The third-order valence-electron chi connectivity index (χ3n) is 2.52. The van der Waals surface area contributed by atoms with Gasteiger partial charge in [0.05, 0.1) is 18.3 Å². The first-order valence-electron chi connectivity index (χ1n) is 5.94. The fraction of sp³-hybridized carbons (Fsp3) is 0.462. The van der Waals surface area contributed by atoms with E-state index in [2.05, 4.69) is 5.32 Å². The van der Waals surface area contributed by atoms with Gasteiger partial charge in [-0.2, -0.15) is 0 Å². The van der Waals surface area contributed by atoms with Gasteiger partial charge in [0.1, 0.15) is 5.75 Å². The highest BCUT2D eigenvalue weighted by Gasteiger charge is 2.18. The van der Waals surface area contributed by atoms with Crippen molar-refractivity contribution in [3.05, 3.63) is 23.2 Å². The number of carbonyl (C=O) groups excluding carboxylic acids is 1. The van der Waals surface area contributed by atoms with Gasteiger partial charge in [0.15, 0.2) is 0 Å². The molecule has 0 aliphatic carbocycles. The Kier molecular flexibility index (Phi) is 5.44. The fourth-order valence-corrected chi connectivity index (χ4v) is 1.57. The van der Waals surface area contributed by atoms with Crippen molar-refractivity contribution in [1.82, 2.24) is 0 Å². The number of nitrogens with one attached hydrogen (secondary N) is 1. The lowest BCUT2D eigenvalue weighted by Gasteiger charge is -2.17. The third-order valence-corrected chi connectivity index (χ3v) is 2.76. The molecule has 1 atom stereocenters. The Hall–Kier alpha value is -1.26. The van der Waals surface area contributed by atoms with Crippen LogP contribution >= 0.6 is 11.6 Å². The van der Waals surface area contributed by atoms with E-state index in [1.807, 2.05) is 20.8 Å². The second kappa shape index (κ2) is 6.61. The van der Waals surface area contributed by atoms with E-state index in [0.717, 1.165) is 0 Å². The van der Waals surface area contributed by atoms with Gasteiger partial charge in [0.2, 0.25) is 5.91 Å². The van der Waals surface area contributed by atoms with Gasteiger partial charge in [0.25, 0.3) is 0 Å². The quantitative estimate of drug-likeness (QED) is 0.865. The van der Waals surface area contributed by atoms with Gasteiger partial charge in [-0.1, -0.05) is 25.4 Å². The Balaban J connectivity index is 2.88. The zero-order valence-corrected chi connectivity index (χ0v) is 11.6. The Morgan fingerprint density at radius 3 is 2.72 bits per heavy atom. The molecule has 1 aromatic carbocycles. The molecule has 1 rings (SSSR count). The lowest BCUT2D eigenvalue weighted by molar-refractivity contribution is -0.118. The Morgan fingerprint density at radius 1 is 1.50 bits per heavy atom. The van der Waals surface area contributed by atoms with E-state index in [1.54, 1.807) is 18.2 Å². The molecular weight excluding hydrogens is 252 g/mol. The normalized spacial score (nSPS) is 12.3. The van der Waals surface area contributed by atoms with Crippen molar-refractivity contribution < 1.29 is 9.53 Å². The SMILES string of the molecule is CCOc1ccc(Cl)cc1NC(=O)[C@@H](N)C(C)C. The molecule has 0 aliphatic rings. The van der Waals surface area contributed by atoms with Crippen molar-refractivity contribution in [1.29, 1.82) is 0 Å². The standard InChI is InChI=1S/C13H19ClN2O2/c1-4-18-11-6-5-9(14)7-10(11)16-13(17)12(15)8(2)3/h5-8,12H,4,15H2,1-3H3,(H,16,17)/t12-/m0/s1. The molecule has 0 radical (unpaired) electrons. The predicted octanol–water partition coefficient (Wildman–Crippen LogP) is 2.66. The summed E-state index contributed by atoms with van der Waals surface area (Å²) in [5.41, 5.74) is 6.33. The monoisotopic (exact) mass is 270 g/mol. The molecule has 0 fully saturated rings. The topological polar surface area (TPSA) is 64.3 Å². The van der Waals surface area contributed by atoms with Crippen LogP contribution in [0.4, 0.5) is 5.69 Å². The van der Waals surface area contributed by atoms with Crippen molar-refractivity contribution in [2.45, 2.75) is 26.8 Å². The number of rotatable bonds is 5. The molecule has 0 saturated heterocycles. The molecule has 4 nitrogen and oxygen atoms in total. The molecule has 0 aliphatic heterocycles. The van der Waals surface area contributed by atoms with Crippen LogP contribution < -0.4 is 15.8 Å². The van der Waals surface area contributed by atoms with Crippen molar-refractivity contribution in [3.8, 4) is 5.75 Å². The first-order chi connectivity index (χ1) is 8.45. The molecule has 1 aromatic rings. The van der Waals surface area contributed by atoms with Crippen LogP contribution in [0.3, 0.4) is 0 Å². The summed E-state index contributed by atoms with van der Waals surface area (Å²) >= 11 is 5.90. The molecule has 0 spiro atoms. The molecule has 18 heavy (non-hydrogen) atoms. The molecule has 0 saturated carbocycles. The first kappa shape index (κ1) is 14.8. The average molecular weight is 271 g/mol. The Labute approximate surface area is 112 Å². The highest BCUT2D eigenvalue weighted by molar-refractivity contribution is 6.31. The summed E-state index contributed by atoms with van der Waals surface area (Å²) in [6, 6.07) is 4.53. The summed E-state index contributed by atoms with van der Waals surface area (Å²) < 4.78 is 5.42. The minimum absolute atomic E-state index is 0.0692. The molecule has 0 unspecified atom stereocenters. The lowest BCUT2D eigenvalue weighted by atomic mass is 10.0. The number of halogens is 1. The second-order valence-corrected chi connectivity index (χ2v) is 4.77. The lowest BCUT2D eigenvalue weighted by Crippen LogP contribution is -2.39. The van der Waals surface area contributed by atoms with Crippen LogP contribution in [0, 0.1) is 5.92 Å². The van der Waals surface area contributed by atoms with Crippen molar-refractivity contribution in [2.75, 3.05) is 11.9 Å². The largest absolute Gasteiger partial charge is 0.492 e. The van der Waals surface area contributed by atoms with Crippen molar-refractivity contribution in [3.63, 3.8) is 0 Å². The summed E-state index contributed by atoms with van der Waals surface area (Å²) in [7, 11) is 0. The number of nitrogens with two attached hydrogens (primary N) is 1. The van der Waals surface area contributed by atoms with E-state index >= 15 is 0 Å². The van der Waals surface area contributed by atoms with E-state index in [4.69, 9.17) is 22.1 Å². The molecule has 3 N–H and O–H groups in total. The van der Waals surface area contributed by atoms with Gasteiger partial charge in [-0.25, -0.2) is 0 Å². The molecule has 0 aromatic heterocycles. The zero-order valence-electron chi connectivity index (χ0n) is 10.9. The van der Waals surface area contributed by atoms with Crippen LogP contribution in [-0.2, 0) is 4.79 Å². The predicted molar refractivity (Wildman–Crippen MR) is 74.1 cm³/mol. The van der Waals surface area contributed by atoms with Gasteiger partial charge in [0, 0.05) is 5.02 Å². The summed E-state index contributed by atoms with van der Waals surface area (Å²) in [6.45, 7) is 6.18. The smallest absolute Gasteiger partial charge is 0.241 e. The molecule has 1 amide bonds. The number of hydrogen-bond acceptors (Lipinski definition) is 3. The minimum atomic E-state index is -0.557. The summed E-state index contributed by atoms with van der Waals surface area (Å²) in [5, 5.41) is 3.28. The first-order valence-corrected chi connectivity index (χ1v) is 6.32. The van der Waals surface area contributed by atoms with Crippen LogP contribution in [0.5, 0.6) is 5.75 Å². The van der Waals surface area contributed by atoms with Crippen molar-refractivity contribution >= 4 is 23.2 Å². The third kappa shape index (κ3) is 3.89. The maximum absolute atomic E-state index is 11.9. The minimum Gasteiger partial charge on any atom is -0.492 e. The fourth-order valence-electron chi connectivity index (χ4n) is 1.40. The zero-order chi connectivity index (χ0) is 13.7. The maximum atomic E-state index is 11.9. The molecule has 0 bridgehead atoms. The molecule has 0 heterocycles. The summed E-state index contributed by atoms with van der Waals surface area (Å²) in [4.78, 5) is 11.9. The average Bonchev–Trinajstić information content (AvgIpc) is 2.31. The highest BCUT2D eigenvalue weighted by atomic mass is 35.5. The number of carbonyl (C=O) groups is 1. The number of anilines is 1. The van der Waals surface area contributed by atoms with Gasteiger partial charge in [-0.15, -0.1) is 0 Å². The van der Waals surface area contributed by atoms with Gasteiger partial charge in [-0.05, 0) is 31.0 Å². The number of amides is 1. The maximum Gasteiger partial charge on any atom is 0.241 e. The number of ether oxygens (including phenoxy) is 1. The van der Waals surface area contributed by atoms with E-state index in [9.17, 15) is 4.79 Å². The van der Waals surface area contributed by atoms with Gasteiger partial charge in [-0.3, -0.25) is 4.79 Å². The van der Waals surface area contributed by atoms with Crippen LogP contribution in [0.15, 0.2) is 18.2 Å². The molecular formula is C13H19ClN2O2. The van der Waals surface area contributed by atoms with Gasteiger partial charge >= 0.3 is 0 Å². The Bertz CT molecular complexity index is 421. The number of benzene rings is 1. The van der Waals surface area contributed by atoms with E-state index in [0.29, 0.717) is 23.1 Å². The van der Waals surface area contributed by atoms with Gasteiger partial charge < -0.3 is 15.8 Å². The van der Waals surface area contributed by atoms with Crippen LogP contribution in [0.1, 0.15) is 20.8 Å². The summed E-state index contributed by atoms with van der Waals surface area (Å²) in [6.07, 6.45) is 0. The van der Waals surface area contributed by atoms with Crippen LogP contribution in [-0.4, -0.2) is 18.6 Å². The second-order valence-electron chi connectivity index (χ2n) is 4.33. The molecule has 100 valence electrons.